The number of hydroxylamine groups is 1. The summed E-state index contributed by atoms with van der Waals surface area (Å²) in [6, 6.07) is 19.7. The summed E-state index contributed by atoms with van der Waals surface area (Å²) in [5.41, 5.74) is 3.86. The molecule has 0 spiro atoms. The molecule has 1 aliphatic heterocycles. The molecule has 0 radical (unpaired) electrons. The highest BCUT2D eigenvalue weighted by molar-refractivity contribution is 7.91. The third kappa shape index (κ3) is 2.83. The lowest BCUT2D eigenvalue weighted by molar-refractivity contribution is 0.0706. The molecule has 0 atom stereocenters. The fourth-order valence-electron chi connectivity index (χ4n) is 3.04. The molecule has 0 saturated carbocycles. The number of fused-ring (bicyclic) bond motifs is 2. The summed E-state index contributed by atoms with van der Waals surface area (Å²) in [6.07, 6.45) is 0. The Bertz CT molecular complexity index is 1180. The van der Waals surface area contributed by atoms with Gasteiger partial charge in [-0.05, 0) is 30.3 Å². The van der Waals surface area contributed by atoms with E-state index in [0.29, 0.717) is 22.5 Å². The number of benzene rings is 3. The monoisotopic (exact) mass is 378 g/mol. The molecule has 27 heavy (non-hydrogen) atoms. The number of amides is 1. The molecular formula is C20H14N2O4S. The maximum Gasteiger partial charge on any atom is 0.274 e. The highest BCUT2D eigenvalue weighted by atomic mass is 32.2. The highest BCUT2D eigenvalue weighted by Gasteiger charge is 2.29. The van der Waals surface area contributed by atoms with Gasteiger partial charge in [0.15, 0.2) is 0 Å². The SMILES string of the molecule is O=C(NO)c1ccc(C2=Nc3ccccc3S(=O)(=O)c3ccccc32)cc1. The van der Waals surface area contributed by atoms with E-state index in [1.807, 2.05) is 0 Å². The van der Waals surface area contributed by atoms with Crippen LogP contribution >= 0.6 is 0 Å². The van der Waals surface area contributed by atoms with E-state index in [0.717, 1.165) is 0 Å². The fraction of sp³-hybridized carbons (Fsp3) is 0. The Morgan fingerprint density at radius 1 is 0.852 bits per heavy atom. The van der Waals surface area contributed by atoms with E-state index in [1.165, 1.54) is 12.1 Å². The highest BCUT2D eigenvalue weighted by Crippen LogP contribution is 2.36. The molecule has 1 amide bonds. The lowest BCUT2D eigenvalue weighted by atomic mass is 10.0. The minimum Gasteiger partial charge on any atom is -0.288 e. The Morgan fingerprint density at radius 3 is 2.19 bits per heavy atom. The minimum atomic E-state index is -3.72. The first-order valence-corrected chi connectivity index (χ1v) is 9.58. The summed E-state index contributed by atoms with van der Waals surface area (Å²) in [6.45, 7) is 0. The molecule has 3 aromatic carbocycles. The van der Waals surface area contributed by atoms with Crippen molar-refractivity contribution in [1.82, 2.24) is 5.48 Å². The van der Waals surface area contributed by atoms with Crippen LogP contribution in [0.4, 0.5) is 5.69 Å². The third-order valence-electron chi connectivity index (χ3n) is 4.34. The first kappa shape index (κ1) is 17.1. The summed E-state index contributed by atoms with van der Waals surface area (Å²) in [7, 11) is -3.72. The molecule has 4 rings (SSSR count). The van der Waals surface area contributed by atoms with Crippen molar-refractivity contribution in [3.63, 3.8) is 0 Å². The van der Waals surface area contributed by atoms with Crippen LogP contribution in [0.5, 0.6) is 0 Å². The van der Waals surface area contributed by atoms with Crippen LogP contribution in [0.25, 0.3) is 0 Å². The number of nitrogens with zero attached hydrogens (tertiary/aromatic N) is 1. The second kappa shape index (κ2) is 6.46. The van der Waals surface area contributed by atoms with Crippen LogP contribution in [0.1, 0.15) is 21.5 Å². The van der Waals surface area contributed by atoms with Gasteiger partial charge >= 0.3 is 0 Å². The number of hydrogen-bond donors (Lipinski definition) is 2. The van der Waals surface area contributed by atoms with Gasteiger partial charge in [0, 0.05) is 16.7 Å². The van der Waals surface area contributed by atoms with Crippen LogP contribution in [-0.4, -0.2) is 25.2 Å². The molecule has 3 aromatic rings. The lowest BCUT2D eigenvalue weighted by Crippen LogP contribution is -2.18. The summed E-state index contributed by atoms with van der Waals surface area (Å²) >= 11 is 0. The van der Waals surface area contributed by atoms with Gasteiger partial charge in [0.25, 0.3) is 5.91 Å². The standard InChI is InChI=1S/C20H14N2O4S/c23-20(22-24)14-11-9-13(10-12-14)19-15-5-1-3-7-17(15)27(25,26)18-8-4-2-6-16(18)21-19/h1-12,24H,(H,22,23). The van der Waals surface area contributed by atoms with E-state index in [1.54, 1.807) is 66.1 Å². The van der Waals surface area contributed by atoms with Crippen molar-refractivity contribution < 1.29 is 18.4 Å². The van der Waals surface area contributed by atoms with Crippen molar-refractivity contribution in [1.29, 1.82) is 0 Å². The van der Waals surface area contributed by atoms with Crippen LogP contribution in [-0.2, 0) is 9.84 Å². The van der Waals surface area contributed by atoms with Crippen LogP contribution in [0.2, 0.25) is 0 Å². The zero-order chi connectivity index (χ0) is 19.0. The molecule has 7 heteroatoms. The van der Waals surface area contributed by atoms with Crippen LogP contribution in [0, 0.1) is 0 Å². The summed E-state index contributed by atoms with van der Waals surface area (Å²) in [4.78, 5) is 16.5. The van der Waals surface area contributed by atoms with E-state index in [4.69, 9.17) is 5.21 Å². The Balaban J connectivity index is 1.97. The summed E-state index contributed by atoms with van der Waals surface area (Å²) < 4.78 is 26.2. The Kier molecular flexibility index (Phi) is 4.10. The maximum absolute atomic E-state index is 13.1. The maximum atomic E-state index is 13.1. The van der Waals surface area contributed by atoms with Crippen molar-refractivity contribution in [3.8, 4) is 0 Å². The van der Waals surface area contributed by atoms with E-state index in [9.17, 15) is 13.2 Å². The van der Waals surface area contributed by atoms with Gasteiger partial charge in [-0.25, -0.2) is 18.9 Å². The van der Waals surface area contributed by atoms with Crippen molar-refractivity contribution in [3.05, 3.63) is 89.5 Å². The van der Waals surface area contributed by atoms with Crippen molar-refractivity contribution in [2.45, 2.75) is 9.79 Å². The van der Waals surface area contributed by atoms with Crippen LogP contribution in [0.15, 0.2) is 87.6 Å². The molecule has 0 aromatic heterocycles. The summed E-state index contributed by atoms with van der Waals surface area (Å²) in [5.74, 6) is -0.627. The van der Waals surface area contributed by atoms with Gasteiger partial charge < -0.3 is 0 Å². The first-order chi connectivity index (χ1) is 13.0. The molecule has 134 valence electrons. The lowest BCUT2D eigenvalue weighted by Gasteiger charge is -2.10. The number of para-hydroxylation sites is 1. The van der Waals surface area contributed by atoms with Gasteiger partial charge in [-0.15, -0.1) is 0 Å². The van der Waals surface area contributed by atoms with Gasteiger partial charge in [0.1, 0.15) is 0 Å². The van der Waals surface area contributed by atoms with E-state index in [-0.39, 0.29) is 15.4 Å². The zero-order valence-corrected chi connectivity index (χ0v) is 14.8. The predicted octanol–water partition coefficient (Wildman–Crippen LogP) is 3.12. The third-order valence-corrected chi connectivity index (χ3v) is 6.20. The molecule has 0 unspecified atom stereocenters. The second-order valence-corrected chi connectivity index (χ2v) is 7.83. The van der Waals surface area contributed by atoms with Crippen molar-refractivity contribution in [2.75, 3.05) is 0 Å². The van der Waals surface area contributed by atoms with Gasteiger partial charge in [0.2, 0.25) is 9.84 Å². The summed E-state index contributed by atoms with van der Waals surface area (Å²) in [5, 5.41) is 8.75. The number of sulfone groups is 1. The average Bonchev–Trinajstić information content (AvgIpc) is 2.81. The molecule has 1 aliphatic rings. The fourth-order valence-corrected chi connectivity index (χ4v) is 4.63. The molecular weight excluding hydrogens is 364 g/mol. The topological polar surface area (TPSA) is 95.8 Å². The normalized spacial score (nSPS) is 14.3. The Morgan fingerprint density at radius 2 is 1.48 bits per heavy atom. The number of aliphatic imine (C=N–C) groups is 1. The molecule has 0 fully saturated rings. The number of nitrogens with one attached hydrogen (secondary N) is 1. The van der Waals surface area contributed by atoms with Crippen LogP contribution < -0.4 is 5.48 Å². The molecule has 0 saturated heterocycles. The van der Waals surface area contributed by atoms with Crippen molar-refractivity contribution >= 4 is 27.1 Å². The average molecular weight is 378 g/mol. The van der Waals surface area contributed by atoms with Gasteiger partial charge in [-0.1, -0.05) is 42.5 Å². The van der Waals surface area contributed by atoms with Crippen molar-refractivity contribution in [2.24, 2.45) is 4.99 Å². The number of hydrogen-bond acceptors (Lipinski definition) is 5. The van der Waals surface area contributed by atoms with E-state index >= 15 is 0 Å². The number of rotatable bonds is 2. The number of carbonyl (C=O) groups is 1. The number of carbonyl (C=O) groups excluding carboxylic acids is 1. The van der Waals surface area contributed by atoms with Gasteiger partial charge in [-0.3, -0.25) is 10.0 Å². The van der Waals surface area contributed by atoms with E-state index < -0.39 is 15.7 Å². The molecule has 0 bridgehead atoms. The Labute approximate surface area is 155 Å². The van der Waals surface area contributed by atoms with Gasteiger partial charge in [0.05, 0.1) is 21.2 Å². The molecule has 6 nitrogen and oxygen atoms in total. The van der Waals surface area contributed by atoms with Gasteiger partial charge in [-0.2, -0.15) is 0 Å². The first-order valence-electron chi connectivity index (χ1n) is 8.09. The van der Waals surface area contributed by atoms with E-state index in [2.05, 4.69) is 4.99 Å². The Hall–Kier alpha value is -3.29. The molecule has 1 heterocycles. The molecule has 0 aliphatic carbocycles. The molecule has 2 N–H and O–H groups in total. The largest absolute Gasteiger partial charge is 0.288 e. The zero-order valence-electron chi connectivity index (χ0n) is 14.0. The second-order valence-electron chi connectivity index (χ2n) is 5.95. The van der Waals surface area contributed by atoms with Crippen LogP contribution in [0.3, 0.4) is 0 Å². The quantitative estimate of drug-likeness (QED) is 0.414. The predicted molar refractivity (Wildman–Crippen MR) is 99.3 cm³/mol. The smallest absolute Gasteiger partial charge is 0.274 e. The minimum absolute atomic E-state index is 0.156.